The third-order valence-corrected chi connectivity index (χ3v) is 3.47. The summed E-state index contributed by atoms with van der Waals surface area (Å²) in [7, 11) is 1.78. The molecule has 1 aromatic carbocycles. The van der Waals surface area contributed by atoms with Crippen molar-refractivity contribution >= 4 is 0 Å². The predicted octanol–water partition coefficient (Wildman–Crippen LogP) is 1.96. The van der Waals surface area contributed by atoms with E-state index in [1.165, 1.54) is 12.1 Å². The fourth-order valence-electron chi connectivity index (χ4n) is 2.30. The van der Waals surface area contributed by atoms with Crippen molar-refractivity contribution in [3.8, 4) is 0 Å². The molecule has 1 saturated carbocycles. The minimum absolute atomic E-state index is 0.0482. The topological polar surface area (TPSA) is 38.0 Å². The second-order valence-electron chi connectivity index (χ2n) is 4.45. The fourth-order valence-corrected chi connectivity index (χ4v) is 2.30. The molecule has 0 aromatic heterocycles. The molecule has 2 rings (SSSR count). The maximum atomic E-state index is 13.7. The monoisotopic (exact) mass is 226 g/mol. The van der Waals surface area contributed by atoms with Gasteiger partial charge in [-0.2, -0.15) is 0 Å². The van der Waals surface area contributed by atoms with Crippen LogP contribution in [-0.2, 0) is 0 Å². The fraction of sp³-hybridized carbons (Fsp3) is 0.500. The van der Waals surface area contributed by atoms with E-state index in [9.17, 15) is 8.78 Å². The molecule has 0 amide bonds. The van der Waals surface area contributed by atoms with E-state index in [1.54, 1.807) is 7.05 Å². The molecule has 1 aromatic rings. The van der Waals surface area contributed by atoms with Gasteiger partial charge < -0.3 is 11.1 Å². The van der Waals surface area contributed by atoms with Gasteiger partial charge in [0.1, 0.15) is 11.6 Å². The SMILES string of the molecule is CNC(c1ccc(F)cc1F)C1(CN)CC1. The van der Waals surface area contributed by atoms with Gasteiger partial charge in [-0.3, -0.25) is 0 Å². The normalized spacial score (nSPS) is 19.5. The number of halogens is 2. The molecule has 1 fully saturated rings. The van der Waals surface area contributed by atoms with E-state index >= 15 is 0 Å². The van der Waals surface area contributed by atoms with Crippen molar-refractivity contribution in [2.45, 2.75) is 18.9 Å². The molecule has 0 bridgehead atoms. The van der Waals surface area contributed by atoms with Crippen molar-refractivity contribution in [3.63, 3.8) is 0 Å². The summed E-state index contributed by atoms with van der Waals surface area (Å²) in [5.74, 6) is -1.05. The smallest absolute Gasteiger partial charge is 0.130 e. The highest BCUT2D eigenvalue weighted by atomic mass is 19.1. The zero-order chi connectivity index (χ0) is 11.8. The standard InChI is InChI=1S/C12H16F2N2/c1-16-11(12(7-15)4-5-12)9-3-2-8(13)6-10(9)14/h2-3,6,11,16H,4-5,7,15H2,1H3. The molecule has 3 N–H and O–H groups in total. The number of nitrogens with two attached hydrogens (primary N) is 1. The average molecular weight is 226 g/mol. The van der Waals surface area contributed by atoms with Crippen LogP contribution in [-0.4, -0.2) is 13.6 Å². The molecule has 1 aliphatic carbocycles. The maximum Gasteiger partial charge on any atom is 0.130 e. The van der Waals surface area contributed by atoms with E-state index in [0.717, 1.165) is 18.9 Å². The van der Waals surface area contributed by atoms with Gasteiger partial charge in [0.15, 0.2) is 0 Å². The summed E-state index contributed by atoms with van der Waals surface area (Å²) in [6.45, 7) is 0.523. The van der Waals surface area contributed by atoms with Crippen LogP contribution < -0.4 is 11.1 Å². The van der Waals surface area contributed by atoms with Crippen LogP contribution in [0, 0.1) is 17.0 Å². The summed E-state index contributed by atoms with van der Waals surface area (Å²) in [5, 5.41) is 3.09. The van der Waals surface area contributed by atoms with Gasteiger partial charge >= 0.3 is 0 Å². The quantitative estimate of drug-likeness (QED) is 0.823. The summed E-state index contributed by atoms with van der Waals surface area (Å²) in [6, 6.07) is 3.58. The van der Waals surface area contributed by atoms with Gasteiger partial charge in [0.25, 0.3) is 0 Å². The summed E-state index contributed by atoms with van der Waals surface area (Å²) >= 11 is 0. The van der Waals surface area contributed by atoms with Crippen LogP contribution in [0.1, 0.15) is 24.4 Å². The lowest BCUT2D eigenvalue weighted by Gasteiger charge is -2.26. The molecule has 0 spiro atoms. The number of nitrogens with one attached hydrogen (secondary N) is 1. The molecule has 0 radical (unpaired) electrons. The molecule has 16 heavy (non-hydrogen) atoms. The molecule has 0 heterocycles. The van der Waals surface area contributed by atoms with E-state index in [-0.39, 0.29) is 11.5 Å². The zero-order valence-corrected chi connectivity index (χ0v) is 9.26. The molecule has 2 nitrogen and oxygen atoms in total. The molecular formula is C12H16F2N2. The Kier molecular flexibility index (Phi) is 2.95. The first-order chi connectivity index (χ1) is 7.63. The molecule has 4 heteroatoms. The molecule has 1 unspecified atom stereocenters. The van der Waals surface area contributed by atoms with Gasteiger partial charge in [-0.15, -0.1) is 0 Å². The number of hydrogen-bond donors (Lipinski definition) is 2. The maximum absolute atomic E-state index is 13.7. The van der Waals surface area contributed by atoms with Gasteiger partial charge in [-0.05, 0) is 32.5 Å². The average Bonchev–Trinajstić information content (AvgIpc) is 3.03. The van der Waals surface area contributed by atoms with Crippen LogP contribution in [0.25, 0.3) is 0 Å². The molecule has 88 valence electrons. The summed E-state index contributed by atoms with van der Waals surface area (Å²) in [5.41, 5.74) is 6.18. The van der Waals surface area contributed by atoms with Crippen LogP contribution in [0.15, 0.2) is 18.2 Å². The Labute approximate surface area is 93.8 Å². The molecule has 0 saturated heterocycles. The Bertz CT molecular complexity index is 389. The number of rotatable bonds is 4. The van der Waals surface area contributed by atoms with E-state index in [1.807, 2.05) is 0 Å². The lowest BCUT2D eigenvalue weighted by Crippen LogP contribution is -2.32. The van der Waals surface area contributed by atoms with E-state index < -0.39 is 11.6 Å². The van der Waals surface area contributed by atoms with Gasteiger partial charge in [-0.1, -0.05) is 6.07 Å². The highest BCUT2D eigenvalue weighted by Crippen LogP contribution is 2.54. The number of benzene rings is 1. The molecule has 1 aliphatic rings. The van der Waals surface area contributed by atoms with Crippen LogP contribution in [0.2, 0.25) is 0 Å². The third kappa shape index (κ3) is 1.83. The van der Waals surface area contributed by atoms with Crippen molar-refractivity contribution in [1.29, 1.82) is 0 Å². The van der Waals surface area contributed by atoms with E-state index in [2.05, 4.69) is 5.32 Å². The zero-order valence-electron chi connectivity index (χ0n) is 9.26. The largest absolute Gasteiger partial charge is 0.330 e. The van der Waals surface area contributed by atoms with Crippen molar-refractivity contribution < 1.29 is 8.78 Å². The van der Waals surface area contributed by atoms with E-state index in [0.29, 0.717) is 12.1 Å². The summed E-state index contributed by atoms with van der Waals surface area (Å²) < 4.78 is 26.5. The minimum Gasteiger partial charge on any atom is -0.330 e. The van der Waals surface area contributed by atoms with Gasteiger partial charge in [0, 0.05) is 23.1 Å². The highest BCUT2D eigenvalue weighted by molar-refractivity contribution is 5.26. The third-order valence-electron chi connectivity index (χ3n) is 3.47. The summed E-state index contributed by atoms with van der Waals surface area (Å²) in [6.07, 6.45) is 1.98. The Morgan fingerprint density at radius 3 is 2.56 bits per heavy atom. The summed E-state index contributed by atoms with van der Waals surface area (Å²) in [4.78, 5) is 0. The Morgan fingerprint density at radius 2 is 2.12 bits per heavy atom. The first-order valence-corrected chi connectivity index (χ1v) is 5.45. The predicted molar refractivity (Wildman–Crippen MR) is 58.9 cm³/mol. The Morgan fingerprint density at radius 1 is 1.44 bits per heavy atom. The Hall–Kier alpha value is -1.00. The van der Waals surface area contributed by atoms with E-state index in [4.69, 9.17) is 5.73 Å². The minimum atomic E-state index is -0.548. The van der Waals surface area contributed by atoms with Gasteiger partial charge in [-0.25, -0.2) is 8.78 Å². The van der Waals surface area contributed by atoms with Crippen molar-refractivity contribution in [2.75, 3.05) is 13.6 Å². The van der Waals surface area contributed by atoms with Crippen LogP contribution in [0.5, 0.6) is 0 Å². The van der Waals surface area contributed by atoms with Crippen LogP contribution >= 0.6 is 0 Å². The second-order valence-corrected chi connectivity index (χ2v) is 4.45. The molecule has 0 aliphatic heterocycles. The highest BCUT2D eigenvalue weighted by Gasteiger charge is 2.48. The number of hydrogen-bond acceptors (Lipinski definition) is 2. The van der Waals surface area contributed by atoms with Crippen LogP contribution in [0.4, 0.5) is 8.78 Å². The van der Waals surface area contributed by atoms with Crippen molar-refractivity contribution in [2.24, 2.45) is 11.1 Å². The van der Waals surface area contributed by atoms with Crippen molar-refractivity contribution in [3.05, 3.63) is 35.4 Å². The Balaban J connectivity index is 2.34. The molecular weight excluding hydrogens is 210 g/mol. The first kappa shape index (κ1) is 11.5. The van der Waals surface area contributed by atoms with Gasteiger partial charge in [0.05, 0.1) is 0 Å². The van der Waals surface area contributed by atoms with Gasteiger partial charge in [0.2, 0.25) is 0 Å². The lowest BCUT2D eigenvalue weighted by atomic mass is 9.90. The first-order valence-electron chi connectivity index (χ1n) is 5.45. The molecule has 1 atom stereocenters. The van der Waals surface area contributed by atoms with Crippen LogP contribution in [0.3, 0.4) is 0 Å². The lowest BCUT2D eigenvalue weighted by molar-refractivity contribution is 0.354. The second kappa shape index (κ2) is 4.11. The van der Waals surface area contributed by atoms with Crippen molar-refractivity contribution in [1.82, 2.24) is 5.32 Å².